The van der Waals surface area contributed by atoms with Gasteiger partial charge in [-0.2, -0.15) is 0 Å². The number of aromatic nitrogens is 2. The van der Waals surface area contributed by atoms with Gasteiger partial charge in [-0.05, 0) is 55.0 Å². The number of rotatable bonds is 4. The second-order valence-electron chi connectivity index (χ2n) is 5.02. The first-order chi connectivity index (χ1) is 9.60. The Morgan fingerprint density at radius 3 is 2.70 bits per heavy atom. The minimum absolute atomic E-state index is 0.584. The van der Waals surface area contributed by atoms with Gasteiger partial charge in [0.05, 0.1) is 0 Å². The highest BCUT2D eigenvalue weighted by molar-refractivity contribution is 5.72. The topological polar surface area (TPSA) is 48.9 Å². The van der Waals surface area contributed by atoms with E-state index in [0.29, 0.717) is 5.82 Å². The van der Waals surface area contributed by atoms with E-state index in [1.807, 2.05) is 13.0 Å². The predicted molar refractivity (Wildman–Crippen MR) is 82.5 cm³/mol. The number of imidazole rings is 1. The molecule has 0 saturated heterocycles. The highest BCUT2D eigenvalue weighted by Crippen LogP contribution is 2.33. The van der Waals surface area contributed by atoms with Crippen molar-refractivity contribution in [2.24, 2.45) is 0 Å². The maximum atomic E-state index is 10.6. The van der Waals surface area contributed by atoms with Gasteiger partial charge >= 0.3 is 0 Å². The molecule has 0 aliphatic rings. The van der Waals surface area contributed by atoms with E-state index < -0.39 is 6.10 Å². The first-order valence-electron chi connectivity index (χ1n) is 7.03. The van der Waals surface area contributed by atoms with Crippen molar-refractivity contribution in [3.8, 4) is 0 Å². The molecule has 0 aliphatic heterocycles. The van der Waals surface area contributed by atoms with Crippen LogP contribution in [0.5, 0.6) is 0 Å². The summed E-state index contributed by atoms with van der Waals surface area (Å²) in [5.74, 6) is 0.584. The third-order valence-corrected chi connectivity index (χ3v) is 3.89. The number of allylic oxidation sites excluding steroid dienone is 2. The van der Waals surface area contributed by atoms with Crippen molar-refractivity contribution < 1.29 is 5.11 Å². The van der Waals surface area contributed by atoms with Crippen molar-refractivity contribution in [3.63, 3.8) is 0 Å². The summed E-state index contributed by atoms with van der Waals surface area (Å²) in [5.41, 5.74) is 5.79. The van der Waals surface area contributed by atoms with E-state index in [2.05, 4.69) is 42.9 Å². The molecule has 1 aromatic carbocycles. The molecule has 0 amide bonds. The zero-order valence-corrected chi connectivity index (χ0v) is 12.6. The number of H-pyrrole nitrogens is 1. The number of hydrogen-bond donors (Lipinski definition) is 2. The lowest BCUT2D eigenvalue weighted by atomic mass is 9.88. The van der Waals surface area contributed by atoms with Gasteiger partial charge in [-0.15, -0.1) is 0 Å². The van der Waals surface area contributed by atoms with E-state index in [1.54, 1.807) is 12.4 Å². The SMILES string of the molecule is C/C=C(/CC)c1c(C(O)c2ncc[nH]2)ccc(C)c1C. The summed E-state index contributed by atoms with van der Waals surface area (Å²) < 4.78 is 0. The second-order valence-corrected chi connectivity index (χ2v) is 5.02. The smallest absolute Gasteiger partial charge is 0.139 e. The van der Waals surface area contributed by atoms with Crippen LogP contribution in [-0.4, -0.2) is 15.1 Å². The van der Waals surface area contributed by atoms with E-state index in [9.17, 15) is 5.11 Å². The molecular formula is C17H22N2O. The molecule has 1 atom stereocenters. The van der Waals surface area contributed by atoms with Gasteiger partial charge in [0.15, 0.2) is 0 Å². The molecular weight excluding hydrogens is 248 g/mol. The van der Waals surface area contributed by atoms with Gasteiger partial charge in [0, 0.05) is 12.4 Å². The summed E-state index contributed by atoms with van der Waals surface area (Å²) in [7, 11) is 0. The maximum Gasteiger partial charge on any atom is 0.139 e. The lowest BCUT2D eigenvalue weighted by Gasteiger charge is -2.20. The molecule has 2 rings (SSSR count). The van der Waals surface area contributed by atoms with Crippen LogP contribution in [0.1, 0.15) is 54.5 Å². The molecule has 0 radical (unpaired) electrons. The highest BCUT2D eigenvalue weighted by atomic mass is 16.3. The molecule has 1 heterocycles. The summed E-state index contributed by atoms with van der Waals surface area (Å²) in [4.78, 5) is 7.16. The third kappa shape index (κ3) is 2.54. The van der Waals surface area contributed by atoms with E-state index >= 15 is 0 Å². The molecule has 106 valence electrons. The zero-order chi connectivity index (χ0) is 14.7. The number of nitrogens with one attached hydrogen (secondary N) is 1. The minimum Gasteiger partial charge on any atom is -0.380 e. The van der Waals surface area contributed by atoms with Crippen LogP contribution in [-0.2, 0) is 0 Å². The highest BCUT2D eigenvalue weighted by Gasteiger charge is 2.20. The van der Waals surface area contributed by atoms with Crippen LogP contribution in [0.4, 0.5) is 0 Å². The molecule has 2 aromatic rings. The van der Waals surface area contributed by atoms with Crippen LogP contribution in [0, 0.1) is 13.8 Å². The maximum absolute atomic E-state index is 10.6. The van der Waals surface area contributed by atoms with Gasteiger partial charge in [-0.1, -0.05) is 25.1 Å². The van der Waals surface area contributed by atoms with E-state index in [-0.39, 0.29) is 0 Å². The van der Waals surface area contributed by atoms with Crippen molar-refractivity contribution in [1.29, 1.82) is 0 Å². The molecule has 1 aromatic heterocycles. The van der Waals surface area contributed by atoms with Crippen LogP contribution in [0.15, 0.2) is 30.6 Å². The molecule has 0 saturated carbocycles. The number of aliphatic hydroxyl groups excluding tert-OH is 1. The Kier molecular flexibility index (Phi) is 4.40. The Bertz CT molecular complexity index is 612. The van der Waals surface area contributed by atoms with Crippen molar-refractivity contribution in [1.82, 2.24) is 9.97 Å². The van der Waals surface area contributed by atoms with E-state index in [0.717, 1.165) is 17.5 Å². The molecule has 0 aliphatic carbocycles. The summed E-state index contributed by atoms with van der Waals surface area (Å²) in [6.45, 7) is 8.40. The average molecular weight is 270 g/mol. The standard InChI is InChI=1S/C17H22N2O/c1-5-13(6-2)15-12(4)11(3)7-8-14(15)16(20)17-18-9-10-19-17/h5,7-10,16,20H,6H2,1-4H3,(H,18,19)/b13-5-. The number of aliphatic hydroxyl groups is 1. The Labute approximate surface area is 120 Å². The van der Waals surface area contributed by atoms with Gasteiger partial charge in [-0.25, -0.2) is 4.98 Å². The Morgan fingerprint density at radius 1 is 1.40 bits per heavy atom. The average Bonchev–Trinajstić information content (AvgIpc) is 2.98. The Balaban J connectivity index is 2.61. The summed E-state index contributed by atoms with van der Waals surface area (Å²) in [5, 5.41) is 10.6. The van der Waals surface area contributed by atoms with Crippen LogP contribution < -0.4 is 0 Å². The largest absolute Gasteiger partial charge is 0.380 e. The molecule has 0 bridgehead atoms. The van der Waals surface area contributed by atoms with Gasteiger partial charge in [0.2, 0.25) is 0 Å². The summed E-state index contributed by atoms with van der Waals surface area (Å²) in [6.07, 6.45) is 5.74. The molecule has 3 nitrogen and oxygen atoms in total. The van der Waals surface area contributed by atoms with E-state index in [1.165, 1.54) is 16.7 Å². The van der Waals surface area contributed by atoms with Gasteiger partial charge in [-0.3, -0.25) is 0 Å². The molecule has 0 fully saturated rings. The van der Waals surface area contributed by atoms with Crippen LogP contribution >= 0.6 is 0 Å². The fourth-order valence-corrected chi connectivity index (χ4v) is 2.59. The van der Waals surface area contributed by atoms with Gasteiger partial charge in [0.1, 0.15) is 11.9 Å². The molecule has 2 N–H and O–H groups in total. The molecule has 3 heteroatoms. The number of aromatic amines is 1. The first kappa shape index (κ1) is 14.5. The summed E-state index contributed by atoms with van der Waals surface area (Å²) in [6, 6.07) is 4.06. The second kappa shape index (κ2) is 6.06. The molecule has 1 unspecified atom stereocenters. The zero-order valence-electron chi connectivity index (χ0n) is 12.6. The molecule has 0 spiro atoms. The molecule has 20 heavy (non-hydrogen) atoms. The van der Waals surface area contributed by atoms with Gasteiger partial charge in [0.25, 0.3) is 0 Å². The lowest BCUT2D eigenvalue weighted by molar-refractivity contribution is 0.210. The summed E-state index contributed by atoms with van der Waals surface area (Å²) >= 11 is 0. The van der Waals surface area contributed by atoms with Gasteiger partial charge < -0.3 is 10.1 Å². The van der Waals surface area contributed by atoms with Crippen molar-refractivity contribution in [3.05, 3.63) is 58.7 Å². The van der Waals surface area contributed by atoms with Crippen LogP contribution in [0.25, 0.3) is 5.57 Å². The number of hydrogen-bond acceptors (Lipinski definition) is 2. The first-order valence-corrected chi connectivity index (χ1v) is 7.03. The van der Waals surface area contributed by atoms with Crippen molar-refractivity contribution in [2.45, 2.75) is 40.2 Å². The van der Waals surface area contributed by atoms with E-state index in [4.69, 9.17) is 0 Å². The minimum atomic E-state index is -0.721. The number of aryl methyl sites for hydroxylation is 1. The lowest BCUT2D eigenvalue weighted by Crippen LogP contribution is -2.07. The quantitative estimate of drug-likeness (QED) is 0.884. The van der Waals surface area contributed by atoms with Crippen LogP contribution in [0.2, 0.25) is 0 Å². The monoisotopic (exact) mass is 270 g/mol. The van der Waals surface area contributed by atoms with Crippen LogP contribution in [0.3, 0.4) is 0 Å². The third-order valence-electron chi connectivity index (χ3n) is 3.89. The fraction of sp³-hybridized carbons (Fsp3) is 0.353. The number of nitrogens with zero attached hydrogens (tertiary/aromatic N) is 1. The fourth-order valence-electron chi connectivity index (χ4n) is 2.59. The number of benzene rings is 1. The normalized spacial score (nSPS) is 13.6. The Morgan fingerprint density at radius 2 is 2.15 bits per heavy atom. The van der Waals surface area contributed by atoms with Crippen molar-refractivity contribution >= 4 is 5.57 Å². The Hall–Kier alpha value is -1.87. The van der Waals surface area contributed by atoms with Crippen molar-refractivity contribution in [2.75, 3.05) is 0 Å². The predicted octanol–water partition coefficient (Wildman–Crippen LogP) is 3.92.